The molecule has 4 rings (SSSR count). The zero-order valence-electron chi connectivity index (χ0n) is 17.8. The Labute approximate surface area is 192 Å². The Morgan fingerprint density at radius 1 is 1.35 bits per heavy atom. The van der Waals surface area contributed by atoms with Crippen LogP contribution in [0.1, 0.15) is 11.6 Å². The highest BCUT2D eigenvalue weighted by atomic mass is 16.7. The van der Waals surface area contributed by atoms with E-state index in [9.17, 15) is 35.3 Å². The van der Waals surface area contributed by atoms with Crippen LogP contribution in [0.2, 0.25) is 0 Å². The molecule has 1 aromatic heterocycles. The number of hydrogen-bond acceptors (Lipinski definition) is 12. The number of imidazole rings is 1. The van der Waals surface area contributed by atoms with Crippen molar-refractivity contribution in [2.75, 3.05) is 19.6 Å². The van der Waals surface area contributed by atoms with Gasteiger partial charge in [-0.2, -0.15) is 0 Å². The zero-order chi connectivity index (χ0) is 24.7. The molecule has 2 aliphatic heterocycles. The fraction of sp³-hybridized carbons (Fsp3) is 0.474. The van der Waals surface area contributed by atoms with E-state index in [0.29, 0.717) is 18.7 Å². The van der Waals surface area contributed by atoms with Gasteiger partial charge >= 0.3 is 0 Å². The van der Waals surface area contributed by atoms with Crippen molar-refractivity contribution in [2.45, 2.75) is 36.0 Å². The quantitative estimate of drug-likeness (QED) is 0.124. The van der Waals surface area contributed by atoms with Gasteiger partial charge in [0.05, 0.1) is 17.3 Å². The fourth-order valence-electron chi connectivity index (χ4n) is 4.19. The van der Waals surface area contributed by atoms with E-state index >= 15 is 0 Å². The number of nitro benzene ring substituents is 1. The van der Waals surface area contributed by atoms with Gasteiger partial charge in [0, 0.05) is 44.2 Å². The lowest BCUT2D eigenvalue weighted by Gasteiger charge is -2.40. The highest BCUT2D eigenvalue weighted by Gasteiger charge is 2.69. The van der Waals surface area contributed by atoms with Gasteiger partial charge in [-0.3, -0.25) is 24.9 Å². The Balaban J connectivity index is 1.61. The third kappa shape index (κ3) is 3.83. The zero-order valence-corrected chi connectivity index (χ0v) is 17.8. The van der Waals surface area contributed by atoms with Crippen molar-refractivity contribution >= 4 is 11.6 Å². The van der Waals surface area contributed by atoms with Crippen LogP contribution in [0, 0.1) is 10.1 Å². The summed E-state index contributed by atoms with van der Waals surface area (Å²) in [5.41, 5.74) is 6.07. The Morgan fingerprint density at radius 2 is 2.06 bits per heavy atom. The number of non-ortho nitro benzene ring substituents is 1. The van der Waals surface area contributed by atoms with Crippen molar-refractivity contribution in [3.63, 3.8) is 0 Å². The number of hydrogen-bond donors (Lipinski definition) is 7. The van der Waals surface area contributed by atoms with Crippen molar-refractivity contribution in [1.29, 1.82) is 0 Å². The van der Waals surface area contributed by atoms with Crippen molar-refractivity contribution in [2.24, 2.45) is 5.73 Å². The fourth-order valence-corrected chi connectivity index (χ4v) is 4.19. The Hall–Kier alpha value is -3.02. The van der Waals surface area contributed by atoms with Gasteiger partial charge < -0.3 is 36.2 Å². The summed E-state index contributed by atoms with van der Waals surface area (Å²) in [5.74, 6) is -3.76. The summed E-state index contributed by atoms with van der Waals surface area (Å²) in [7, 11) is 0. The molecule has 0 aliphatic carbocycles. The Bertz CT molecular complexity index is 1040. The van der Waals surface area contributed by atoms with Gasteiger partial charge in [-0.05, 0) is 5.56 Å². The summed E-state index contributed by atoms with van der Waals surface area (Å²) in [6, 6.07) is 5.28. The molecule has 34 heavy (non-hydrogen) atoms. The molecule has 0 bridgehead atoms. The number of rotatable bonds is 6. The van der Waals surface area contributed by atoms with Crippen LogP contribution < -0.4 is 16.5 Å². The number of piperazine rings is 1. The lowest BCUT2D eigenvalue weighted by atomic mass is 9.92. The maximum Gasteiger partial charge on any atom is 0.285 e. The molecule has 3 heterocycles. The lowest BCUT2D eigenvalue weighted by molar-refractivity contribution is -0.384. The molecule has 1 amide bonds. The average Bonchev–Trinajstić information content (AvgIpc) is 3.43. The predicted molar refractivity (Wildman–Crippen MR) is 112 cm³/mol. The van der Waals surface area contributed by atoms with Crippen molar-refractivity contribution in [1.82, 2.24) is 25.3 Å². The van der Waals surface area contributed by atoms with E-state index in [2.05, 4.69) is 15.7 Å². The molecule has 0 radical (unpaired) electrons. The van der Waals surface area contributed by atoms with Gasteiger partial charge in [-0.1, -0.05) is 12.1 Å². The minimum Gasteiger partial charge on any atom is -0.386 e. The van der Waals surface area contributed by atoms with Crippen LogP contribution in [-0.4, -0.2) is 89.5 Å². The molecule has 1 aromatic carbocycles. The third-order valence-corrected chi connectivity index (χ3v) is 6.09. The Morgan fingerprint density at radius 3 is 2.65 bits per heavy atom. The van der Waals surface area contributed by atoms with Crippen LogP contribution in [0.15, 0.2) is 43.0 Å². The molecule has 0 saturated carbocycles. The number of nitrogens with two attached hydrogens (primary N) is 1. The molecule has 6 atom stereocenters. The van der Waals surface area contributed by atoms with Crippen LogP contribution in [0.5, 0.6) is 0 Å². The highest BCUT2D eigenvalue weighted by Crippen LogP contribution is 2.42. The first kappa shape index (κ1) is 24.1. The smallest absolute Gasteiger partial charge is 0.285 e. The van der Waals surface area contributed by atoms with Crippen molar-refractivity contribution in [3.8, 4) is 0 Å². The van der Waals surface area contributed by atoms with Crippen LogP contribution in [0.3, 0.4) is 0 Å². The maximum atomic E-state index is 13.4. The SMILES string of the molecule is NC(O)[C@@]1(C(=O)NN2CCNCC2c2ccc([N+](=O)[O-])cc2)O[C@@](O)(n2ccnc2)[C@H](O)[C@@H]1O. The van der Waals surface area contributed by atoms with E-state index in [0.717, 1.165) is 10.9 Å². The minimum absolute atomic E-state index is 0.0939. The summed E-state index contributed by atoms with van der Waals surface area (Å²) < 4.78 is 6.35. The number of carbonyl (C=O) groups is 1. The first-order chi connectivity index (χ1) is 16.1. The average molecular weight is 479 g/mol. The monoisotopic (exact) mass is 479 g/mol. The number of aromatic nitrogens is 2. The van der Waals surface area contributed by atoms with Crippen LogP contribution in [0.25, 0.3) is 0 Å². The van der Waals surface area contributed by atoms with Gasteiger partial charge in [-0.15, -0.1) is 0 Å². The normalized spacial score (nSPS) is 32.9. The number of hydrazine groups is 1. The molecule has 8 N–H and O–H groups in total. The predicted octanol–water partition coefficient (Wildman–Crippen LogP) is -3.16. The van der Waals surface area contributed by atoms with Crippen LogP contribution >= 0.6 is 0 Å². The molecule has 0 spiro atoms. The summed E-state index contributed by atoms with van der Waals surface area (Å²) in [5, 5.41) is 58.0. The molecular formula is C19H25N7O8. The second kappa shape index (κ2) is 8.97. The first-order valence-electron chi connectivity index (χ1n) is 10.3. The van der Waals surface area contributed by atoms with E-state index in [1.54, 1.807) is 12.1 Å². The molecule has 15 nitrogen and oxygen atoms in total. The molecule has 2 saturated heterocycles. The number of amides is 1. The summed E-state index contributed by atoms with van der Waals surface area (Å²) in [4.78, 5) is 27.5. The lowest BCUT2D eigenvalue weighted by Crippen LogP contribution is -2.68. The third-order valence-electron chi connectivity index (χ3n) is 6.09. The maximum absolute atomic E-state index is 13.4. The number of aliphatic hydroxyl groups is 4. The van der Waals surface area contributed by atoms with E-state index in [-0.39, 0.29) is 12.2 Å². The van der Waals surface area contributed by atoms with Gasteiger partial charge in [0.1, 0.15) is 12.3 Å². The molecule has 184 valence electrons. The van der Waals surface area contributed by atoms with E-state index in [4.69, 9.17) is 10.5 Å². The molecule has 15 heteroatoms. The van der Waals surface area contributed by atoms with Gasteiger partial charge in [0.15, 0.2) is 6.10 Å². The van der Waals surface area contributed by atoms with E-state index < -0.39 is 46.8 Å². The van der Waals surface area contributed by atoms with E-state index in [1.807, 2.05) is 0 Å². The van der Waals surface area contributed by atoms with Crippen molar-refractivity contribution < 1.29 is 34.9 Å². The molecule has 2 aliphatic rings. The summed E-state index contributed by atoms with van der Waals surface area (Å²) in [6.45, 7) is 1.10. The second-order valence-electron chi connectivity index (χ2n) is 8.06. The standard InChI is InChI=1S/C19H25N7O8/c20-16(29)18(14(27)15(28)19(31,34-18)24-7-5-22-10-24)17(30)23-25-8-6-21-9-13(25)11-1-3-12(4-2-11)26(32)33/h1-5,7,10,13-16,21,27-29,31H,6,8-9,20H2,(H,23,30)/t13?,14-,15+,16?,18-,19+/m0/s1. The molecule has 2 aromatic rings. The number of aliphatic hydroxyl groups excluding tert-OH is 3. The summed E-state index contributed by atoms with van der Waals surface area (Å²) >= 11 is 0. The number of nitrogens with one attached hydrogen (secondary N) is 2. The van der Waals surface area contributed by atoms with Gasteiger partial charge in [-0.25, -0.2) is 9.99 Å². The van der Waals surface area contributed by atoms with Crippen LogP contribution in [-0.2, 0) is 15.4 Å². The van der Waals surface area contributed by atoms with Gasteiger partial charge in [0.2, 0.25) is 5.60 Å². The summed E-state index contributed by atoms with van der Waals surface area (Å²) in [6.07, 6.45) is -2.74. The molecule has 2 unspecified atom stereocenters. The minimum atomic E-state index is -2.65. The highest BCUT2D eigenvalue weighted by molar-refractivity contribution is 5.87. The number of ether oxygens (including phenoxy) is 1. The van der Waals surface area contributed by atoms with Crippen molar-refractivity contribution in [3.05, 3.63) is 58.7 Å². The number of nitro groups is 1. The molecule has 2 fully saturated rings. The van der Waals surface area contributed by atoms with Gasteiger partial charge in [0.25, 0.3) is 17.5 Å². The topological polar surface area (TPSA) is 221 Å². The number of benzene rings is 1. The van der Waals surface area contributed by atoms with Crippen LogP contribution in [0.4, 0.5) is 5.69 Å². The molecular weight excluding hydrogens is 454 g/mol. The second-order valence-corrected chi connectivity index (χ2v) is 8.06. The largest absolute Gasteiger partial charge is 0.386 e. The first-order valence-corrected chi connectivity index (χ1v) is 10.3. The number of carbonyl (C=O) groups excluding carboxylic acids is 1. The van der Waals surface area contributed by atoms with E-state index in [1.165, 1.54) is 29.5 Å². The Kier molecular flexibility index (Phi) is 6.36. The number of nitrogens with zero attached hydrogens (tertiary/aromatic N) is 4.